The van der Waals surface area contributed by atoms with E-state index in [9.17, 15) is 4.79 Å². The van der Waals surface area contributed by atoms with Gasteiger partial charge in [-0.15, -0.1) is 0 Å². The molecular formula is C25H30N6O. The molecule has 1 unspecified atom stereocenters. The molecule has 2 aromatic heterocycles. The van der Waals surface area contributed by atoms with Gasteiger partial charge in [-0.3, -0.25) is 14.5 Å². The van der Waals surface area contributed by atoms with Gasteiger partial charge in [0, 0.05) is 68.3 Å². The average molecular weight is 431 g/mol. The minimum Gasteiger partial charge on any atom is -0.369 e. The van der Waals surface area contributed by atoms with Crippen molar-refractivity contribution in [3.05, 3.63) is 55.4 Å². The van der Waals surface area contributed by atoms with Crippen molar-refractivity contribution in [2.24, 2.45) is 0 Å². The van der Waals surface area contributed by atoms with Crippen molar-refractivity contribution in [3.8, 4) is 11.3 Å². The molecular weight excluding hydrogens is 400 g/mol. The number of pyridine rings is 1. The van der Waals surface area contributed by atoms with Gasteiger partial charge in [-0.25, -0.2) is 0 Å². The van der Waals surface area contributed by atoms with Crippen molar-refractivity contribution in [3.63, 3.8) is 0 Å². The summed E-state index contributed by atoms with van der Waals surface area (Å²) in [5, 5.41) is 6.10. The summed E-state index contributed by atoms with van der Waals surface area (Å²) in [7, 11) is 2.18. The summed E-state index contributed by atoms with van der Waals surface area (Å²) < 4.78 is 2.10. The first kappa shape index (κ1) is 20.7. The number of likely N-dealkylation sites (N-methyl/N-ethyl adjacent to an activating group) is 1. The number of hydrogen-bond donors (Lipinski definition) is 0. The predicted octanol–water partition coefficient (Wildman–Crippen LogP) is 3.20. The molecule has 4 heterocycles. The second-order valence-electron chi connectivity index (χ2n) is 8.81. The SMILES string of the molecule is C=CC(=O)N1CCCC(n2nc(-c3ccc(N4CCN(C)CC4)cc3)c3cnccc32)C1. The van der Waals surface area contributed by atoms with Crippen LogP contribution in [0.5, 0.6) is 0 Å². The van der Waals surface area contributed by atoms with Gasteiger partial charge in [0.15, 0.2) is 0 Å². The number of aromatic nitrogens is 3. The highest BCUT2D eigenvalue weighted by molar-refractivity contribution is 5.93. The highest BCUT2D eigenvalue weighted by Crippen LogP contribution is 2.33. The number of piperazine rings is 1. The lowest BCUT2D eigenvalue weighted by molar-refractivity contribution is -0.127. The Labute approximate surface area is 188 Å². The van der Waals surface area contributed by atoms with E-state index in [2.05, 4.69) is 57.4 Å². The first-order valence-electron chi connectivity index (χ1n) is 11.4. The molecule has 7 heteroatoms. The maximum absolute atomic E-state index is 12.2. The Morgan fingerprint density at radius 1 is 1.09 bits per heavy atom. The Kier molecular flexibility index (Phi) is 5.66. The van der Waals surface area contributed by atoms with E-state index in [-0.39, 0.29) is 11.9 Å². The van der Waals surface area contributed by atoms with E-state index in [1.54, 1.807) is 0 Å². The lowest BCUT2D eigenvalue weighted by Crippen LogP contribution is -2.44. The van der Waals surface area contributed by atoms with Crippen LogP contribution in [0, 0.1) is 0 Å². The molecule has 5 rings (SSSR count). The van der Waals surface area contributed by atoms with Crippen LogP contribution in [0.3, 0.4) is 0 Å². The van der Waals surface area contributed by atoms with Gasteiger partial charge in [0.25, 0.3) is 0 Å². The molecule has 0 spiro atoms. The highest BCUT2D eigenvalue weighted by atomic mass is 16.2. The molecule has 1 amide bonds. The molecule has 1 aromatic carbocycles. The van der Waals surface area contributed by atoms with Crippen LogP contribution in [-0.4, -0.2) is 76.8 Å². The summed E-state index contributed by atoms with van der Waals surface area (Å²) in [5.41, 5.74) is 4.37. The van der Waals surface area contributed by atoms with Gasteiger partial charge in [0.2, 0.25) is 5.91 Å². The number of nitrogens with zero attached hydrogens (tertiary/aromatic N) is 6. The van der Waals surface area contributed by atoms with Crippen LogP contribution >= 0.6 is 0 Å². The Morgan fingerprint density at radius 3 is 2.62 bits per heavy atom. The molecule has 2 saturated heterocycles. The van der Waals surface area contributed by atoms with Crippen LogP contribution in [0.4, 0.5) is 5.69 Å². The number of piperidine rings is 1. The monoisotopic (exact) mass is 430 g/mol. The number of likely N-dealkylation sites (tertiary alicyclic amines) is 1. The van der Waals surface area contributed by atoms with Crippen LogP contribution in [-0.2, 0) is 4.79 Å². The van der Waals surface area contributed by atoms with Gasteiger partial charge in [-0.05, 0) is 44.2 Å². The third-order valence-electron chi connectivity index (χ3n) is 6.75. The van der Waals surface area contributed by atoms with Gasteiger partial charge < -0.3 is 14.7 Å². The molecule has 166 valence electrons. The average Bonchev–Trinajstić information content (AvgIpc) is 3.24. The lowest BCUT2D eigenvalue weighted by atomic mass is 10.1. The Morgan fingerprint density at radius 2 is 1.88 bits per heavy atom. The van der Waals surface area contributed by atoms with E-state index in [4.69, 9.17) is 5.10 Å². The number of carbonyl (C=O) groups is 1. The Balaban J connectivity index is 1.45. The van der Waals surface area contributed by atoms with Gasteiger partial charge in [0.1, 0.15) is 5.69 Å². The number of carbonyl (C=O) groups excluding carboxylic acids is 1. The number of hydrogen-bond acceptors (Lipinski definition) is 5. The molecule has 3 aromatic rings. The fraction of sp³-hybridized carbons (Fsp3) is 0.400. The Hall–Kier alpha value is -3.19. The summed E-state index contributed by atoms with van der Waals surface area (Å²) in [6, 6.07) is 10.9. The minimum absolute atomic E-state index is 0.00690. The van der Waals surface area contributed by atoms with Crippen LogP contribution in [0.1, 0.15) is 18.9 Å². The van der Waals surface area contributed by atoms with Crippen LogP contribution < -0.4 is 4.90 Å². The van der Waals surface area contributed by atoms with Gasteiger partial charge in [0.05, 0.1) is 11.6 Å². The first-order chi connectivity index (χ1) is 15.6. The summed E-state index contributed by atoms with van der Waals surface area (Å²) in [6.07, 6.45) is 7.09. The summed E-state index contributed by atoms with van der Waals surface area (Å²) in [4.78, 5) is 23.2. The van der Waals surface area contributed by atoms with Crippen LogP contribution in [0.2, 0.25) is 0 Å². The molecule has 0 aliphatic carbocycles. The molecule has 2 fully saturated rings. The Bertz CT molecular complexity index is 1110. The summed E-state index contributed by atoms with van der Waals surface area (Å²) in [6.45, 7) is 9.38. The topological polar surface area (TPSA) is 57.5 Å². The molecule has 2 aliphatic rings. The van der Waals surface area contributed by atoms with E-state index >= 15 is 0 Å². The number of amides is 1. The molecule has 32 heavy (non-hydrogen) atoms. The van der Waals surface area contributed by atoms with Crippen molar-refractivity contribution in [1.82, 2.24) is 24.6 Å². The number of fused-ring (bicyclic) bond motifs is 1. The first-order valence-corrected chi connectivity index (χ1v) is 11.4. The second-order valence-corrected chi connectivity index (χ2v) is 8.81. The quantitative estimate of drug-likeness (QED) is 0.595. The van der Waals surface area contributed by atoms with Gasteiger partial charge in [-0.2, -0.15) is 5.10 Å². The van der Waals surface area contributed by atoms with Crippen molar-refractivity contribution < 1.29 is 4.79 Å². The maximum Gasteiger partial charge on any atom is 0.246 e. The second kappa shape index (κ2) is 8.74. The zero-order valence-electron chi connectivity index (χ0n) is 18.7. The zero-order chi connectivity index (χ0) is 22.1. The van der Waals surface area contributed by atoms with Gasteiger partial charge in [-0.1, -0.05) is 18.7 Å². The molecule has 2 aliphatic heterocycles. The van der Waals surface area contributed by atoms with E-state index in [0.717, 1.165) is 67.7 Å². The summed E-state index contributed by atoms with van der Waals surface area (Å²) >= 11 is 0. The minimum atomic E-state index is -0.00690. The van der Waals surface area contributed by atoms with Crippen molar-refractivity contribution in [1.29, 1.82) is 0 Å². The fourth-order valence-electron chi connectivity index (χ4n) is 4.85. The third-order valence-corrected chi connectivity index (χ3v) is 6.75. The lowest BCUT2D eigenvalue weighted by Gasteiger charge is -2.34. The predicted molar refractivity (Wildman–Crippen MR) is 128 cm³/mol. The van der Waals surface area contributed by atoms with Crippen molar-refractivity contribution in [2.75, 3.05) is 51.2 Å². The normalized spacial score (nSPS) is 20.0. The van der Waals surface area contributed by atoms with Crippen molar-refractivity contribution >= 4 is 22.5 Å². The van der Waals surface area contributed by atoms with Crippen molar-refractivity contribution in [2.45, 2.75) is 18.9 Å². The molecule has 1 atom stereocenters. The summed E-state index contributed by atoms with van der Waals surface area (Å²) in [5.74, 6) is -0.00690. The number of rotatable bonds is 4. The third kappa shape index (κ3) is 3.88. The molecule has 0 saturated carbocycles. The van der Waals surface area contributed by atoms with Crippen LogP contribution in [0.15, 0.2) is 55.4 Å². The molecule has 0 bridgehead atoms. The van der Waals surface area contributed by atoms with E-state index in [1.165, 1.54) is 11.8 Å². The standard InChI is InChI=1S/C25H30N6O/c1-3-24(32)30-12-4-5-21(18-30)31-23-10-11-26-17-22(23)25(27-31)19-6-8-20(9-7-19)29-15-13-28(2)14-16-29/h3,6-11,17,21H,1,4-5,12-16,18H2,2H3. The maximum atomic E-state index is 12.2. The van der Waals surface area contributed by atoms with Gasteiger partial charge >= 0.3 is 0 Å². The fourth-order valence-corrected chi connectivity index (χ4v) is 4.85. The highest BCUT2D eigenvalue weighted by Gasteiger charge is 2.26. The van der Waals surface area contributed by atoms with E-state index in [1.807, 2.05) is 23.4 Å². The molecule has 0 radical (unpaired) electrons. The van der Waals surface area contributed by atoms with E-state index < -0.39 is 0 Å². The van der Waals surface area contributed by atoms with Crippen LogP contribution in [0.25, 0.3) is 22.2 Å². The number of benzene rings is 1. The molecule has 0 N–H and O–H groups in total. The molecule has 7 nitrogen and oxygen atoms in total. The largest absolute Gasteiger partial charge is 0.369 e. The van der Waals surface area contributed by atoms with E-state index in [0.29, 0.717) is 6.54 Å². The number of anilines is 1. The zero-order valence-corrected chi connectivity index (χ0v) is 18.7. The smallest absolute Gasteiger partial charge is 0.246 e.